The van der Waals surface area contributed by atoms with E-state index in [0.29, 0.717) is 12.1 Å². The third kappa shape index (κ3) is 5.83. The summed E-state index contributed by atoms with van der Waals surface area (Å²) in [5.41, 5.74) is 1.52. The largest absolute Gasteiger partial charge is 0.385 e. The summed E-state index contributed by atoms with van der Waals surface area (Å²) in [5, 5.41) is 6.18. The van der Waals surface area contributed by atoms with Crippen molar-refractivity contribution in [3.8, 4) is 0 Å². The van der Waals surface area contributed by atoms with Crippen molar-refractivity contribution in [2.24, 2.45) is 0 Å². The number of anilines is 1. The first-order chi connectivity index (χ1) is 14.5. The van der Waals surface area contributed by atoms with Crippen LogP contribution in [0.1, 0.15) is 48.9 Å². The maximum absolute atomic E-state index is 12.9. The van der Waals surface area contributed by atoms with Crippen LogP contribution < -0.4 is 10.6 Å². The molecule has 0 saturated heterocycles. The van der Waals surface area contributed by atoms with E-state index < -0.39 is 10.0 Å². The number of rotatable bonds is 9. The summed E-state index contributed by atoms with van der Waals surface area (Å²) in [6.07, 6.45) is 5.94. The van der Waals surface area contributed by atoms with Gasteiger partial charge >= 0.3 is 0 Å². The van der Waals surface area contributed by atoms with Crippen LogP contribution in [0.4, 0.5) is 5.69 Å². The van der Waals surface area contributed by atoms with Crippen LogP contribution in [0.15, 0.2) is 59.5 Å². The molecule has 0 atom stereocenters. The molecule has 6 nitrogen and oxygen atoms in total. The molecular weight excluding hydrogens is 398 g/mol. The lowest BCUT2D eigenvalue weighted by Gasteiger charge is -2.30. The van der Waals surface area contributed by atoms with E-state index >= 15 is 0 Å². The summed E-state index contributed by atoms with van der Waals surface area (Å²) in [7, 11) is -1.88. The second-order valence-corrected chi connectivity index (χ2v) is 9.74. The Kier molecular flexibility index (Phi) is 7.87. The summed E-state index contributed by atoms with van der Waals surface area (Å²) >= 11 is 0. The standard InChI is InChI=1S/C23H31N3O3S/c1-26(21-11-6-3-7-12-21)30(28,29)22-15-13-19(14-16-22)23(27)25-18-8-17-24-20-9-4-2-5-10-20/h2,4-5,9-10,13-16,21,24H,3,6-8,11-12,17-18H2,1H3,(H,25,27). The molecule has 1 aliphatic rings. The number of nitrogens with zero attached hydrogens (tertiary/aromatic N) is 1. The second kappa shape index (κ2) is 10.6. The Balaban J connectivity index is 1.48. The molecule has 7 heteroatoms. The lowest BCUT2D eigenvalue weighted by molar-refractivity contribution is 0.0953. The van der Waals surface area contributed by atoms with Gasteiger partial charge in [-0.1, -0.05) is 37.5 Å². The number of sulfonamides is 1. The first-order valence-corrected chi connectivity index (χ1v) is 12.1. The van der Waals surface area contributed by atoms with E-state index in [0.717, 1.165) is 44.3 Å². The SMILES string of the molecule is CN(C1CCCCC1)S(=O)(=O)c1ccc(C(=O)NCCCNc2ccccc2)cc1. The van der Waals surface area contributed by atoms with Gasteiger partial charge in [-0.25, -0.2) is 8.42 Å². The molecule has 0 bridgehead atoms. The van der Waals surface area contributed by atoms with Crippen LogP contribution in [0.5, 0.6) is 0 Å². The molecule has 1 fully saturated rings. The van der Waals surface area contributed by atoms with Crippen molar-refractivity contribution in [2.45, 2.75) is 49.5 Å². The van der Waals surface area contributed by atoms with Gasteiger partial charge in [-0.2, -0.15) is 4.31 Å². The Morgan fingerprint density at radius 2 is 1.63 bits per heavy atom. The molecular formula is C23H31N3O3S. The van der Waals surface area contributed by atoms with Crippen LogP contribution in [-0.4, -0.2) is 44.8 Å². The summed E-state index contributed by atoms with van der Waals surface area (Å²) in [5.74, 6) is -0.195. The molecule has 0 spiro atoms. The van der Waals surface area contributed by atoms with Crippen molar-refractivity contribution < 1.29 is 13.2 Å². The van der Waals surface area contributed by atoms with Gasteiger partial charge < -0.3 is 10.6 Å². The molecule has 2 aromatic carbocycles. The van der Waals surface area contributed by atoms with Gasteiger partial charge in [-0.3, -0.25) is 4.79 Å². The van der Waals surface area contributed by atoms with Gasteiger partial charge in [0.1, 0.15) is 0 Å². The molecule has 0 unspecified atom stereocenters. The average Bonchev–Trinajstić information content (AvgIpc) is 2.79. The summed E-state index contributed by atoms with van der Waals surface area (Å²) < 4.78 is 27.3. The third-order valence-corrected chi connectivity index (χ3v) is 7.55. The van der Waals surface area contributed by atoms with E-state index in [4.69, 9.17) is 0 Å². The summed E-state index contributed by atoms with van der Waals surface area (Å²) in [6.45, 7) is 1.30. The maximum atomic E-state index is 12.9. The molecule has 0 radical (unpaired) electrons. The van der Waals surface area contributed by atoms with Crippen molar-refractivity contribution >= 4 is 21.6 Å². The van der Waals surface area contributed by atoms with Crippen molar-refractivity contribution in [3.63, 3.8) is 0 Å². The van der Waals surface area contributed by atoms with Crippen molar-refractivity contribution in [2.75, 3.05) is 25.5 Å². The van der Waals surface area contributed by atoms with Crippen LogP contribution in [0.2, 0.25) is 0 Å². The Hall–Kier alpha value is -2.38. The van der Waals surface area contributed by atoms with Crippen molar-refractivity contribution in [1.82, 2.24) is 9.62 Å². The average molecular weight is 430 g/mol. The molecule has 3 rings (SSSR count). The number of hydrogen-bond acceptors (Lipinski definition) is 4. The van der Waals surface area contributed by atoms with Gasteiger partial charge in [-0.15, -0.1) is 0 Å². The predicted molar refractivity (Wildman–Crippen MR) is 120 cm³/mol. The zero-order valence-corrected chi connectivity index (χ0v) is 18.3. The Labute approximate surface area is 179 Å². The molecule has 30 heavy (non-hydrogen) atoms. The van der Waals surface area contributed by atoms with Gasteiger partial charge in [0, 0.05) is 37.4 Å². The zero-order chi connectivity index (χ0) is 21.4. The van der Waals surface area contributed by atoms with E-state index in [1.165, 1.54) is 22.9 Å². The predicted octanol–water partition coefficient (Wildman–Crippen LogP) is 3.87. The van der Waals surface area contributed by atoms with E-state index in [1.807, 2.05) is 30.3 Å². The maximum Gasteiger partial charge on any atom is 0.251 e. The highest BCUT2D eigenvalue weighted by Crippen LogP contribution is 2.26. The topological polar surface area (TPSA) is 78.5 Å². The van der Waals surface area contributed by atoms with Gasteiger partial charge in [0.2, 0.25) is 10.0 Å². The van der Waals surface area contributed by atoms with Crippen LogP contribution in [-0.2, 0) is 10.0 Å². The highest BCUT2D eigenvalue weighted by Gasteiger charge is 2.29. The fourth-order valence-electron chi connectivity index (χ4n) is 3.77. The lowest BCUT2D eigenvalue weighted by Crippen LogP contribution is -2.38. The number of benzene rings is 2. The number of carbonyl (C=O) groups is 1. The Morgan fingerprint density at radius 1 is 0.967 bits per heavy atom. The van der Waals surface area contributed by atoms with Crippen molar-refractivity contribution in [3.05, 3.63) is 60.2 Å². The first-order valence-electron chi connectivity index (χ1n) is 10.6. The molecule has 1 amide bonds. The van der Waals surface area contributed by atoms with Crippen LogP contribution in [0, 0.1) is 0 Å². The van der Waals surface area contributed by atoms with E-state index in [9.17, 15) is 13.2 Å². The minimum atomic E-state index is -3.54. The van der Waals surface area contributed by atoms with E-state index in [1.54, 1.807) is 19.2 Å². The molecule has 162 valence electrons. The third-order valence-electron chi connectivity index (χ3n) is 5.62. The minimum Gasteiger partial charge on any atom is -0.385 e. The number of nitrogens with one attached hydrogen (secondary N) is 2. The number of hydrogen-bond donors (Lipinski definition) is 2. The molecule has 0 aliphatic heterocycles. The van der Waals surface area contributed by atoms with E-state index in [2.05, 4.69) is 10.6 Å². The number of amides is 1. The van der Waals surface area contributed by atoms with Crippen LogP contribution in [0.3, 0.4) is 0 Å². The Bertz CT molecular complexity index is 908. The highest BCUT2D eigenvalue weighted by atomic mass is 32.2. The summed E-state index contributed by atoms with van der Waals surface area (Å²) in [4.78, 5) is 12.6. The monoisotopic (exact) mass is 429 g/mol. The minimum absolute atomic E-state index is 0.0659. The van der Waals surface area contributed by atoms with Gasteiger partial charge in [-0.05, 0) is 55.7 Å². The highest BCUT2D eigenvalue weighted by molar-refractivity contribution is 7.89. The fraction of sp³-hybridized carbons (Fsp3) is 0.435. The molecule has 1 saturated carbocycles. The second-order valence-electron chi connectivity index (χ2n) is 7.74. The lowest BCUT2D eigenvalue weighted by atomic mass is 9.96. The molecule has 1 aliphatic carbocycles. The van der Waals surface area contributed by atoms with Crippen LogP contribution in [0.25, 0.3) is 0 Å². The van der Waals surface area contributed by atoms with Gasteiger partial charge in [0.15, 0.2) is 0 Å². The quantitative estimate of drug-likeness (QED) is 0.593. The van der Waals surface area contributed by atoms with Crippen molar-refractivity contribution in [1.29, 1.82) is 0 Å². The molecule has 0 aromatic heterocycles. The van der Waals surface area contributed by atoms with E-state index in [-0.39, 0.29) is 16.8 Å². The number of carbonyl (C=O) groups excluding carboxylic acids is 1. The molecule has 2 N–H and O–H groups in total. The van der Waals surface area contributed by atoms with Gasteiger partial charge in [0.05, 0.1) is 4.90 Å². The smallest absolute Gasteiger partial charge is 0.251 e. The zero-order valence-electron chi connectivity index (χ0n) is 17.5. The molecule has 2 aromatic rings. The Morgan fingerprint density at radius 3 is 2.30 bits per heavy atom. The van der Waals surface area contributed by atoms with Gasteiger partial charge in [0.25, 0.3) is 5.91 Å². The number of para-hydroxylation sites is 1. The normalized spacial score (nSPS) is 15.1. The molecule has 0 heterocycles. The van der Waals surface area contributed by atoms with Crippen LogP contribution >= 0.6 is 0 Å². The fourth-order valence-corrected chi connectivity index (χ4v) is 5.18. The summed E-state index contributed by atoms with van der Waals surface area (Å²) in [6, 6.07) is 16.2. The first kappa shape index (κ1) is 22.3.